The van der Waals surface area contributed by atoms with Crippen LogP contribution in [-0.4, -0.2) is 28.1 Å². The number of benzene rings is 2. The second-order valence-electron chi connectivity index (χ2n) is 4.93. The summed E-state index contributed by atoms with van der Waals surface area (Å²) >= 11 is 0. The second kappa shape index (κ2) is 6.85. The minimum Gasteiger partial charge on any atom is -0.316 e. The summed E-state index contributed by atoms with van der Waals surface area (Å²) in [7, 11) is -1.66. The first-order chi connectivity index (χ1) is 10.0. The van der Waals surface area contributed by atoms with Crippen LogP contribution in [0, 0.1) is 0 Å². The van der Waals surface area contributed by atoms with E-state index >= 15 is 0 Å². The smallest absolute Gasteiger partial charge is 0.240 e. The number of hydrogen-bond acceptors (Lipinski definition) is 3. The van der Waals surface area contributed by atoms with E-state index in [2.05, 4.69) is 10.0 Å². The van der Waals surface area contributed by atoms with Gasteiger partial charge in [0.1, 0.15) is 0 Å². The molecule has 0 spiro atoms. The highest BCUT2D eigenvalue weighted by Gasteiger charge is 2.14. The van der Waals surface area contributed by atoms with Crippen LogP contribution in [0.5, 0.6) is 0 Å². The Labute approximate surface area is 126 Å². The Morgan fingerprint density at radius 3 is 2.10 bits per heavy atom. The highest BCUT2D eigenvalue weighted by molar-refractivity contribution is 7.89. The van der Waals surface area contributed by atoms with Gasteiger partial charge in [-0.05, 0) is 37.2 Å². The molecule has 0 amide bonds. The first-order valence-corrected chi connectivity index (χ1v) is 8.33. The van der Waals surface area contributed by atoms with Gasteiger partial charge >= 0.3 is 0 Å². The third kappa shape index (κ3) is 4.14. The molecule has 0 aliphatic rings. The molecule has 4 nitrogen and oxygen atoms in total. The van der Waals surface area contributed by atoms with Crippen LogP contribution in [0.15, 0.2) is 59.5 Å². The molecule has 0 fully saturated rings. The van der Waals surface area contributed by atoms with E-state index in [-0.39, 0.29) is 10.9 Å². The second-order valence-corrected chi connectivity index (χ2v) is 6.70. The molecule has 5 heteroatoms. The predicted octanol–water partition coefficient (Wildman–Crippen LogP) is 2.24. The standard InChI is InChI=1S/C16H20N2O2S/c1-13(17-2)12-18-21(19,20)16-10-8-15(9-11-16)14-6-4-3-5-7-14/h3-11,13,17-18H,12H2,1-2H3. The van der Waals surface area contributed by atoms with Gasteiger partial charge in [-0.2, -0.15) is 0 Å². The van der Waals surface area contributed by atoms with E-state index in [4.69, 9.17) is 0 Å². The highest BCUT2D eigenvalue weighted by Crippen LogP contribution is 2.20. The van der Waals surface area contributed by atoms with Gasteiger partial charge < -0.3 is 5.32 Å². The maximum absolute atomic E-state index is 12.2. The Balaban J connectivity index is 2.15. The maximum Gasteiger partial charge on any atom is 0.240 e. The van der Waals surface area contributed by atoms with Crippen LogP contribution < -0.4 is 10.0 Å². The van der Waals surface area contributed by atoms with Crippen molar-refractivity contribution >= 4 is 10.0 Å². The third-order valence-electron chi connectivity index (χ3n) is 3.34. The van der Waals surface area contributed by atoms with Crippen molar-refractivity contribution in [1.82, 2.24) is 10.0 Å². The van der Waals surface area contributed by atoms with Crippen LogP contribution in [0.2, 0.25) is 0 Å². The van der Waals surface area contributed by atoms with Crippen molar-refractivity contribution < 1.29 is 8.42 Å². The lowest BCUT2D eigenvalue weighted by Crippen LogP contribution is -2.37. The van der Waals surface area contributed by atoms with Crippen LogP contribution >= 0.6 is 0 Å². The zero-order chi connectivity index (χ0) is 15.3. The molecule has 112 valence electrons. The molecule has 1 atom stereocenters. The third-order valence-corrected chi connectivity index (χ3v) is 4.78. The molecule has 0 radical (unpaired) electrons. The van der Waals surface area contributed by atoms with Crippen LogP contribution in [-0.2, 0) is 10.0 Å². The van der Waals surface area contributed by atoms with Crippen molar-refractivity contribution in [2.45, 2.75) is 17.9 Å². The molecular formula is C16H20N2O2S. The fourth-order valence-electron chi connectivity index (χ4n) is 1.88. The van der Waals surface area contributed by atoms with Gasteiger partial charge in [-0.15, -0.1) is 0 Å². The van der Waals surface area contributed by atoms with E-state index in [1.165, 1.54) is 0 Å². The maximum atomic E-state index is 12.2. The van der Waals surface area contributed by atoms with Crippen molar-refractivity contribution in [3.8, 4) is 11.1 Å². The minimum absolute atomic E-state index is 0.0865. The quantitative estimate of drug-likeness (QED) is 0.860. The molecule has 2 N–H and O–H groups in total. The Morgan fingerprint density at radius 2 is 1.52 bits per heavy atom. The van der Waals surface area contributed by atoms with Crippen molar-refractivity contribution in [3.05, 3.63) is 54.6 Å². The van der Waals surface area contributed by atoms with Crippen LogP contribution in [0.3, 0.4) is 0 Å². The van der Waals surface area contributed by atoms with E-state index in [1.54, 1.807) is 19.2 Å². The SMILES string of the molecule is CNC(C)CNS(=O)(=O)c1ccc(-c2ccccc2)cc1. The summed E-state index contributed by atoms with van der Waals surface area (Å²) < 4.78 is 26.9. The molecule has 2 rings (SSSR count). The number of sulfonamides is 1. The summed E-state index contributed by atoms with van der Waals surface area (Å²) in [5.74, 6) is 0. The summed E-state index contributed by atoms with van der Waals surface area (Å²) in [5, 5.41) is 2.99. The predicted molar refractivity (Wildman–Crippen MR) is 85.6 cm³/mol. The number of rotatable bonds is 6. The lowest BCUT2D eigenvalue weighted by molar-refractivity contribution is 0.554. The normalized spacial score (nSPS) is 13.0. The van der Waals surface area contributed by atoms with Crippen molar-refractivity contribution in [2.24, 2.45) is 0 Å². The van der Waals surface area contributed by atoms with E-state index < -0.39 is 10.0 Å². The number of hydrogen-bond donors (Lipinski definition) is 2. The van der Waals surface area contributed by atoms with Gasteiger partial charge in [-0.3, -0.25) is 0 Å². The first-order valence-electron chi connectivity index (χ1n) is 6.85. The fourth-order valence-corrected chi connectivity index (χ4v) is 3.01. The molecule has 0 bridgehead atoms. The van der Waals surface area contributed by atoms with Crippen LogP contribution in [0.25, 0.3) is 11.1 Å². The zero-order valence-electron chi connectivity index (χ0n) is 12.2. The topological polar surface area (TPSA) is 58.2 Å². The summed E-state index contributed by atoms with van der Waals surface area (Å²) in [6, 6.07) is 16.9. The van der Waals surface area contributed by atoms with E-state index in [0.717, 1.165) is 11.1 Å². The van der Waals surface area contributed by atoms with Gasteiger partial charge in [0.05, 0.1) is 4.90 Å². The fraction of sp³-hybridized carbons (Fsp3) is 0.250. The summed E-state index contributed by atoms with van der Waals surface area (Å²) in [4.78, 5) is 0.283. The van der Waals surface area contributed by atoms with Gasteiger partial charge in [-0.1, -0.05) is 42.5 Å². The summed E-state index contributed by atoms with van der Waals surface area (Å²) in [6.07, 6.45) is 0. The summed E-state index contributed by atoms with van der Waals surface area (Å²) in [6.45, 7) is 2.28. The van der Waals surface area contributed by atoms with Crippen LogP contribution in [0.4, 0.5) is 0 Å². The van der Waals surface area contributed by atoms with E-state index in [1.807, 2.05) is 49.4 Å². The molecule has 0 saturated heterocycles. The average Bonchev–Trinajstić information content (AvgIpc) is 2.53. The lowest BCUT2D eigenvalue weighted by atomic mass is 10.1. The van der Waals surface area contributed by atoms with Crippen molar-refractivity contribution in [2.75, 3.05) is 13.6 Å². The van der Waals surface area contributed by atoms with Gasteiger partial charge in [0.2, 0.25) is 10.0 Å². The minimum atomic E-state index is -3.45. The first kappa shape index (κ1) is 15.7. The Bertz CT molecular complexity index is 667. The van der Waals surface area contributed by atoms with E-state index in [0.29, 0.717) is 6.54 Å². The van der Waals surface area contributed by atoms with Gasteiger partial charge in [0, 0.05) is 12.6 Å². The van der Waals surface area contributed by atoms with Crippen LogP contribution in [0.1, 0.15) is 6.92 Å². The Morgan fingerprint density at radius 1 is 0.952 bits per heavy atom. The molecule has 0 heterocycles. The van der Waals surface area contributed by atoms with Gasteiger partial charge in [-0.25, -0.2) is 13.1 Å². The van der Waals surface area contributed by atoms with Gasteiger partial charge in [0.25, 0.3) is 0 Å². The van der Waals surface area contributed by atoms with Crippen molar-refractivity contribution in [3.63, 3.8) is 0 Å². The molecule has 0 aliphatic carbocycles. The highest BCUT2D eigenvalue weighted by atomic mass is 32.2. The number of nitrogens with one attached hydrogen (secondary N) is 2. The van der Waals surface area contributed by atoms with Crippen molar-refractivity contribution in [1.29, 1.82) is 0 Å². The largest absolute Gasteiger partial charge is 0.316 e. The summed E-state index contributed by atoms with van der Waals surface area (Å²) in [5.41, 5.74) is 2.07. The molecule has 1 unspecified atom stereocenters. The molecular weight excluding hydrogens is 284 g/mol. The molecule has 2 aromatic rings. The molecule has 21 heavy (non-hydrogen) atoms. The number of likely N-dealkylation sites (N-methyl/N-ethyl adjacent to an activating group) is 1. The Hall–Kier alpha value is -1.69. The van der Waals surface area contributed by atoms with E-state index in [9.17, 15) is 8.42 Å². The average molecular weight is 304 g/mol. The lowest BCUT2D eigenvalue weighted by Gasteiger charge is -2.12. The zero-order valence-corrected chi connectivity index (χ0v) is 13.0. The van der Waals surface area contributed by atoms with Gasteiger partial charge in [0.15, 0.2) is 0 Å². The molecule has 0 aliphatic heterocycles. The monoisotopic (exact) mass is 304 g/mol. The molecule has 0 saturated carbocycles. The Kier molecular flexibility index (Phi) is 5.12. The molecule has 0 aromatic heterocycles. The molecule has 2 aromatic carbocycles.